The van der Waals surface area contributed by atoms with Crippen LogP contribution < -0.4 is 10.6 Å². The van der Waals surface area contributed by atoms with Gasteiger partial charge in [0.05, 0.1) is 29.5 Å². The van der Waals surface area contributed by atoms with Crippen LogP contribution in [-0.2, 0) is 24.3 Å². The van der Waals surface area contributed by atoms with E-state index in [0.717, 1.165) is 28.4 Å². The fourth-order valence-corrected chi connectivity index (χ4v) is 2.41. The number of carbonyl (C=O) groups excluding carboxylic acids is 1. The number of carbonyl (C=O) groups is 1. The molecule has 3 heterocycles. The monoisotopic (exact) mass is 275 g/mol. The molecule has 1 unspecified atom stereocenters. The smallest absolute Gasteiger partial charge is 0.237 e. The van der Waals surface area contributed by atoms with Crippen molar-refractivity contribution in [1.29, 1.82) is 0 Å². The van der Waals surface area contributed by atoms with E-state index in [1.807, 2.05) is 13.8 Å². The molecule has 0 fully saturated rings. The maximum Gasteiger partial charge on any atom is 0.237 e. The van der Waals surface area contributed by atoms with Crippen LogP contribution in [0.3, 0.4) is 0 Å². The lowest BCUT2D eigenvalue weighted by Gasteiger charge is -2.22. The number of H-pyrrole nitrogens is 1. The first-order valence-corrected chi connectivity index (χ1v) is 6.59. The summed E-state index contributed by atoms with van der Waals surface area (Å²) >= 11 is 0. The number of nitrogens with one attached hydrogen (secondary N) is 3. The van der Waals surface area contributed by atoms with Gasteiger partial charge in [0, 0.05) is 25.1 Å². The molecule has 1 amide bonds. The van der Waals surface area contributed by atoms with Crippen LogP contribution in [0.2, 0.25) is 0 Å². The summed E-state index contributed by atoms with van der Waals surface area (Å²) in [5.74, 6) is 0.715. The minimum atomic E-state index is -0.244. The van der Waals surface area contributed by atoms with Crippen LogP contribution >= 0.6 is 0 Å². The van der Waals surface area contributed by atoms with Gasteiger partial charge >= 0.3 is 0 Å². The normalized spacial score (nSPS) is 17.8. The summed E-state index contributed by atoms with van der Waals surface area (Å²) in [7, 11) is 0. The molecule has 0 aromatic carbocycles. The van der Waals surface area contributed by atoms with Crippen LogP contribution in [-0.4, -0.2) is 27.1 Å². The number of nitrogens with zero attached hydrogens (tertiary/aromatic N) is 2. The van der Waals surface area contributed by atoms with E-state index < -0.39 is 0 Å². The van der Waals surface area contributed by atoms with Gasteiger partial charge in [-0.05, 0) is 13.8 Å². The molecule has 7 heteroatoms. The number of amides is 1. The van der Waals surface area contributed by atoms with Crippen LogP contribution in [0, 0.1) is 13.8 Å². The van der Waals surface area contributed by atoms with Crippen molar-refractivity contribution in [3.63, 3.8) is 0 Å². The van der Waals surface area contributed by atoms with E-state index in [-0.39, 0.29) is 11.9 Å². The first kappa shape index (κ1) is 12.9. The topological polar surface area (TPSA) is 95.8 Å². The molecule has 0 spiro atoms. The Morgan fingerprint density at radius 3 is 3.15 bits per heavy atom. The molecule has 1 atom stereocenters. The Kier molecular flexibility index (Phi) is 3.27. The highest BCUT2D eigenvalue weighted by atomic mass is 16.5. The molecule has 2 aromatic heterocycles. The summed E-state index contributed by atoms with van der Waals surface area (Å²) in [5.41, 5.74) is 3.77. The van der Waals surface area contributed by atoms with Crippen molar-refractivity contribution in [2.45, 2.75) is 39.4 Å². The Morgan fingerprint density at radius 2 is 2.40 bits per heavy atom. The minimum Gasteiger partial charge on any atom is -0.361 e. The number of fused-ring (bicyclic) bond motifs is 1. The van der Waals surface area contributed by atoms with Crippen LogP contribution in [0.5, 0.6) is 0 Å². The molecule has 7 nitrogen and oxygen atoms in total. The molecule has 3 rings (SSSR count). The molecular formula is C13H17N5O2. The van der Waals surface area contributed by atoms with Crippen molar-refractivity contribution in [3.8, 4) is 0 Å². The second-order valence-electron chi connectivity index (χ2n) is 4.99. The van der Waals surface area contributed by atoms with E-state index in [4.69, 9.17) is 4.52 Å². The molecule has 0 bridgehead atoms. The van der Waals surface area contributed by atoms with Gasteiger partial charge in [0.2, 0.25) is 5.91 Å². The van der Waals surface area contributed by atoms with Gasteiger partial charge < -0.3 is 14.8 Å². The van der Waals surface area contributed by atoms with Crippen molar-refractivity contribution in [2.75, 3.05) is 0 Å². The van der Waals surface area contributed by atoms with E-state index in [0.29, 0.717) is 19.5 Å². The number of hydrogen-bond donors (Lipinski definition) is 3. The fraction of sp³-hybridized carbons (Fsp3) is 0.462. The molecule has 2 aromatic rings. The number of hydrogen-bond acceptors (Lipinski definition) is 5. The molecule has 0 aliphatic carbocycles. The van der Waals surface area contributed by atoms with Crippen molar-refractivity contribution in [1.82, 2.24) is 25.8 Å². The van der Waals surface area contributed by atoms with Gasteiger partial charge in [0.1, 0.15) is 5.76 Å². The maximum atomic E-state index is 12.2. The van der Waals surface area contributed by atoms with Gasteiger partial charge in [0.25, 0.3) is 0 Å². The van der Waals surface area contributed by atoms with Gasteiger partial charge in [0.15, 0.2) is 0 Å². The number of aromatic amines is 1. The number of imidazole rings is 1. The van der Waals surface area contributed by atoms with E-state index >= 15 is 0 Å². The molecule has 0 saturated carbocycles. The second-order valence-corrected chi connectivity index (χ2v) is 4.99. The summed E-state index contributed by atoms with van der Waals surface area (Å²) in [5, 5.41) is 9.99. The summed E-state index contributed by atoms with van der Waals surface area (Å²) in [6, 6.07) is -0.244. The first-order valence-electron chi connectivity index (χ1n) is 6.59. The van der Waals surface area contributed by atoms with Gasteiger partial charge in [-0.25, -0.2) is 4.98 Å². The predicted octanol–water partition coefficient (Wildman–Crippen LogP) is 0.345. The van der Waals surface area contributed by atoms with Gasteiger partial charge in [-0.3, -0.25) is 10.1 Å². The highest BCUT2D eigenvalue weighted by Crippen LogP contribution is 2.14. The summed E-state index contributed by atoms with van der Waals surface area (Å²) in [6.45, 7) is 4.79. The van der Waals surface area contributed by atoms with Crippen LogP contribution in [0.1, 0.15) is 28.4 Å². The lowest BCUT2D eigenvalue weighted by atomic mass is 10.0. The van der Waals surface area contributed by atoms with Gasteiger partial charge in [-0.15, -0.1) is 0 Å². The van der Waals surface area contributed by atoms with E-state index in [1.54, 1.807) is 6.33 Å². The lowest BCUT2D eigenvalue weighted by molar-refractivity contribution is -0.123. The Morgan fingerprint density at radius 1 is 1.55 bits per heavy atom. The highest BCUT2D eigenvalue weighted by Gasteiger charge is 2.25. The third-order valence-corrected chi connectivity index (χ3v) is 3.67. The maximum absolute atomic E-state index is 12.2. The summed E-state index contributed by atoms with van der Waals surface area (Å²) < 4.78 is 5.08. The third kappa shape index (κ3) is 2.32. The number of rotatable bonds is 3. The standard InChI is InChI=1S/C13H17N5O2/c1-7-9(8(2)20-18-7)4-15-13(19)11-3-10-12(5-14-11)17-6-16-10/h6,11,14H,3-5H2,1-2H3,(H,15,19)(H,16,17). The first-order chi connectivity index (χ1) is 9.65. The van der Waals surface area contributed by atoms with Crippen molar-refractivity contribution >= 4 is 5.91 Å². The van der Waals surface area contributed by atoms with Gasteiger partial charge in [-0.2, -0.15) is 0 Å². The van der Waals surface area contributed by atoms with E-state index in [2.05, 4.69) is 25.8 Å². The molecular weight excluding hydrogens is 258 g/mol. The average molecular weight is 275 g/mol. The Labute approximate surface area is 116 Å². The zero-order valence-corrected chi connectivity index (χ0v) is 11.5. The van der Waals surface area contributed by atoms with E-state index in [9.17, 15) is 4.79 Å². The second kappa shape index (κ2) is 5.09. The summed E-state index contributed by atoms with van der Waals surface area (Å²) in [4.78, 5) is 19.5. The molecule has 106 valence electrons. The SMILES string of the molecule is Cc1noc(C)c1CNC(=O)C1Cc2nc[nH]c2CN1. The summed E-state index contributed by atoms with van der Waals surface area (Å²) in [6.07, 6.45) is 2.27. The van der Waals surface area contributed by atoms with Crippen molar-refractivity contribution in [2.24, 2.45) is 0 Å². The van der Waals surface area contributed by atoms with Crippen LogP contribution in [0.4, 0.5) is 0 Å². The van der Waals surface area contributed by atoms with Crippen LogP contribution in [0.25, 0.3) is 0 Å². The van der Waals surface area contributed by atoms with Crippen molar-refractivity contribution < 1.29 is 9.32 Å². The zero-order chi connectivity index (χ0) is 14.1. The number of aryl methyl sites for hydroxylation is 2. The third-order valence-electron chi connectivity index (χ3n) is 3.67. The Balaban J connectivity index is 1.61. The zero-order valence-electron chi connectivity index (χ0n) is 11.5. The minimum absolute atomic E-state index is 0.0290. The largest absolute Gasteiger partial charge is 0.361 e. The molecule has 1 aliphatic heterocycles. The fourth-order valence-electron chi connectivity index (χ4n) is 2.41. The molecule has 1 aliphatic rings. The molecule has 0 saturated heterocycles. The predicted molar refractivity (Wildman–Crippen MR) is 70.7 cm³/mol. The Bertz CT molecular complexity index is 611. The molecule has 20 heavy (non-hydrogen) atoms. The van der Waals surface area contributed by atoms with E-state index in [1.165, 1.54) is 0 Å². The average Bonchev–Trinajstić information content (AvgIpc) is 3.03. The quantitative estimate of drug-likeness (QED) is 0.751. The molecule has 3 N–H and O–H groups in total. The molecule has 0 radical (unpaired) electrons. The van der Waals surface area contributed by atoms with Crippen molar-refractivity contribution in [3.05, 3.63) is 34.7 Å². The van der Waals surface area contributed by atoms with Gasteiger partial charge in [-0.1, -0.05) is 5.16 Å². The lowest BCUT2D eigenvalue weighted by Crippen LogP contribution is -2.47. The number of aromatic nitrogens is 3. The Hall–Kier alpha value is -2.15. The highest BCUT2D eigenvalue weighted by molar-refractivity contribution is 5.82. The van der Waals surface area contributed by atoms with Crippen LogP contribution in [0.15, 0.2) is 10.9 Å².